The third-order valence-electron chi connectivity index (χ3n) is 4.12. The molecule has 0 amide bonds. The molecule has 2 nitrogen and oxygen atoms in total. The Labute approximate surface area is 145 Å². The van der Waals surface area contributed by atoms with Crippen LogP contribution in [0.15, 0.2) is 35.2 Å². The maximum absolute atomic E-state index is 6.20. The van der Waals surface area contributed by atoms with Gasteiger partial charge in [-0.3, -0.25) is 0 Å². The third kappa shape index (κ3) is 4.57. The minimum Gasteiger partial charge on any atom is -0.409 e. The molecule has 0 N–H and O–H groups in total. The molecule has 0 aliphatic rings. The zero-order valence-electron chi connectivity index (χ0n) is 14.9. The van der Waals surface area contributed by atoms with Crippen LogP contribution in [-0.2, 0) is 13.0 Å². The Balaban J connectivity index is 2.24. The zero-order chi connectivity index (χ0) is 16.7. The van der Waals surface area contributed by atoms with Crippen LogP contribution in [0, 0.1) is 13.8 Å². The number of benzene rings is 1. The summed E-state index contributed by atoms with van der Waals surface area (Å²) in [4.78, 5) is 7.63. The van der Waals surface area contributed by atoms with Crippen molar-refractivity contribution in [2.24, 2.45) is 0 Å². The fraction of sp³-hybridized carbons (Fsp3) is 0.500. The first kappa shape index (κ1) is 18.0. The highest BCUT2D eigenvalue weighted by atomic mass is 32.2. The Hall–Kier alpha value is -1.35. The first-order chi connectivity index (χ1) is 11.2. The molecule has 0 atom stereocenters. The average molecular weight is 332 g/mol. The molecule has 0 saturated heterocycles. The number of hydrogen-bond donors (Lipinski definition) is 0. The van der Waals surface area contributed by atoms with Crippen molar-refractivity contribution < 1.29 is 4.84 Å². The van der Waals surface area contributed by atoms with Gasteiger partial charge < -0.3 is 4.84 Å². The first-order valence-corrected chi connectivity index (χ1v) is 9.68. The van der Waals surface area contributed by atoms with Crippen molar-refractivity contribution in [2.75, 3.05) is 5.75 Å². The SMILES string of the molecule is CCCCc1c(SCCC)c(C)c(C)n1OCc1ccccc1. The first-order valence-electron chi connectivity index (χ1n) is 8.69. The number of rotatable bonds is 9. The van der Waals surface area contributed by atoms with Gasteiger partial charge in [-0.25, -0.2) is 0 Å². The zero-order valence-corrected chi connectivity index (χ0v) is 15.7. The Morgan fingerprint density at radius 3 is 2.43 bits per heavy atom. The van der Waals surface area contributed by atoms with E-state index in [1.807, 2.05) is 17.8 Å². The van der Waals surface area contributed by atoms with E-state index >= 15 is 0 Å². The summed E-state index contributed by atoms with van der Waals surface area (Å²) in [5.41, 5.74) is 5.19. The van der Waals surface area contributed by atoms with Gasteiger partial charge in [-0.05, 0) is 50.0 Å². The van der Waals surface area contributed by atoms with E-state index in [0.29, 0.717) is 6.61 Å². The van der Waals surface area contributed by atoms with E-state index in [9.17, 15) is 0 Å². The highest BCUT2D eigenvalue weighted by Crippen LogP contribution is 2.32. The molecule has 1 heterocycles. The molecule has 126 valence electrons. The van der Waals surface area contributed by atoms with E-state index in [2.05, 4.69) is 56.7 Å². The summed E-state index contributed by atoms with van der Waals surface area (Å²) in [6.45, 7) is 9.50. The van der Waals surface area contributed by atoms with Crippen molar-refractivity contribution in [1.29, 1.82) is 0 Å². The minimum absolute atomic E-state index is 0.618. The van der Waals surface area contributed by atoms with Gasteiger partial charge in [0.05, 0.1) is 11.4 Å². The van der Waals surface area contributed by atoms with Gasteiger partial charge in [0, 0.05) is 4.90 Å². The topological polar surface area (TPSA) is 14.2 Å². The lowest BCUT2D eigenvalue weighted by molar-refractivity contribution is 0.0863. The second kappa shape index (κ2) is 9.07. The standard InChI is InChI=1S/C20H29NOS/c1-5-7-13-19-20(23-14-6-2)16(3)17(4)21(19)22-15-18-11-9-8-10-12-18/h8-12H,5-7,13-15H2,1-4H3. The molecule has 0 bridgehead atoms. The van der Waals surface area contributed by atoms with Crippen molar-refractivity contribution in [3.8, 4) is 0 Å². The summed E-state index contributed by atoms with van der Waals surface area (Å²) in [6, 6.07) is 10.4. The summed E-state index contributed by atoms with van der Waals surface area (Å²) >= 11 is 1.98. The van der Waals surface area contributed by atoms with Crippen LogP contribution >= 0.6 is 11.8 Å². The van der Waals surface area contributed by atoms with Gasteiger partial charge in [0.2, 0.25) is 0 Å². The van der Waals surface area contributed by atoms with Crippen molar-refractivity contribution in [1.82, 2.24) is 4.73 Å². The molecule has 1 aromatic carbocycles. The van der Waals surface area contributed by atoms with Crippen molar-refractivity contribution in [2.45, 2.75) is 64.9 Å². The lowest BCUT2D eigenvalue weighted by Gasteiger charge is -2.14. The monoisotopic (exact) mass is 331 g/mol. The van der Waals surface area contributed by atoms with Crippen LogP contribution in [0.2, 0.25) is 0 Å². The number of aromatic nitrogens is 1. The van der Waals surface area contributed by atoms with Gasteiger partial charge in [-0.15, -0.1) is 11.8 Å². The highest BCUT2D eigenvalue weighted by Gasteiger charge is 2.18. The molecule has 0 unspecified atom stereocenters. The second-order valence-electron chi connectivity index (χ2n) is 5.99. The molecular formula is C20H29NOS. The van der Waals surface area contributed by atoms with Crippen LogP contribution in [0.25, 0.3) is 0 Å². The largest absolute Gasteiger partial charge is 0.409 e. The van der Waals surface area contributed by atoms with Gasteiger partial charge in [0.15, 0.2) is 0 Å². The minimum atomic E-state index is 0.618. The fourth-order valence-corrected chi connectivity index (χ4v) is 3.79. The highest BCUT2D eigenvalue weighted by molar-refractivity contribution is 7.99. The second-order valence-corrected chi connectivity index (χ2v) is 7.10. The number of thioether (sulfide) groups is 1. The van der Waals surface area contributed by atoms with Crippen LogP contribution in [0.4, 0.5) is 0 Å². The van der Waals surface area contributed by atoms with E-state index in [1.165, 1.54) is 52.4 Å². The lowest BCUT2D eigenvalue weighted by Crippen LogP contribution is -2.16. The molecule has 1 aromatic heterocycles. The van der Waals surface area contributed by atoms with E-state index in [0.717, 1.165) is 6.42 Å². The molecule has 2 rings (SSSR count). The number of hydrogen-bond acceptors (Lipinski definition) is 2. The van der Waals surface area contributed by atoms with Crippen LogP contribution in [0.1, 0.15) is 55.6 Å². The molecule has 0 radical (unpaired) electrons. The number of nitrogens with zero attached hydrogens (tertiary/aromatic N) is 1. The Morgan fingerprint density at radius 2 is 1.78 bits per heavy atom. The van der Waals surface area contributed by atoms with Gasteiger partial charge in [0.25, 0.3) is 0 Å². The Bertz CT molecular complexity index is 604. The predicted octanol–water partition coefficient (Wildman–Crippen LogP) is 5.58. The predicted molar refractivity (Wildman–Crippen MR) is 100 cm³/mol. The quantitative estimate of drug-likeness (QED) is 0.557. The van der Waals surface area contributed by atoms with Crippen molar-refractivity contribution in [3.05, 3.63) is 52.8 Å². The summed E-state index contributed by atoms with van der Waals surface area (Å²) in [5.74, 6) is 1.17. The van der Waals surface area contributed by atoms with Crippen molar-refractivity contribution in [3.63, 3.8) is 0 Å². The van der Waals surface area contributed by atoms with Gasteiger partial charge in [-0.2, -0.15) is 4.73 Å². The van der Waals surface area contributed by atoms with Gasteiger partial charge in [-0.1, -0.05) is 50.6 Å². The Morgan fingerprint density at radius 1 is 1.04 bits per heavy atom. The molecule has 0 spiro atoms. The maximum Gasteiger partial charge on any atom is 0.140 e. The summed E-state index contributed by atoms with van der Waals surface area (Å²) in [7, 11) is 0. The maximum atomic E-state index is 6.20. The average Bonchev–Trinajstić information content (AvgIpc) is 2.80. The van der Waals surface area contributed by atoms with Crippen LogP contribution in [0.3, 0.4) is 0 Å². The van der Waals surface area contributed by atoms with E-state index < -0.39 is 0 Å². The molecule has 3 heteroatoms. The van der Waals surface area contributed by atoms with E-state index in [-0.39, 0.29) is 0 Å². The van der Waals surface area contributed by atoms with Crippen LogP contribution in [-0.4, -0.2) is 10.5 Å². The van der Waals surface area contributed by atoms with E-state index in [4.69, 9.17) is 4.84 Å². The molecule has 0 aliphatic carbocycles. The molecule has 0 aliphatic heterocycles. The Kier molecular flexibility index (Phi) is 7.10. The van der Waals surface area contributed by atoms with E-state index in [1.54, 1.807) is 0 Å². The van der Waals surface area contributed by atoms with Crippen LogP contribution < -0.4 is 4.84 Å². The van der Waals surface area contributed by atoms with Crippen LogP contribution in [0.5, 0.6) is 0 Å². The molecule has 0 fully saturated rings. The molecular weight excluding hydrogens is 302 g/mol. The summed E-state index contributed by atoms with van der Waals surface area (Å²) in [5, 5.41) is 0. The molecule has 23 heavy (non-hydrogen) atoms. The molecule has 0 saturated carbocycles. The fourth-order valence-electron chi connectivity index (χ4n) is 2.67. The third-order valence-corrected chi connectivity index (χ3v) is 5.56. The van der Waals surface area contributed by atoms with Gasteiger partial charge >= 0.3 is 0 Å². The summed E-state index contributed by atoms with van der Waals surface area (Å²) in [6.07, 6.45) is 4.70. The normalized spacial score (nSPS) is 11.0. The van der Waals surface area contributed by atoms with Crippen molar-refractivity contribution >= 4 is 11.8 Å². The summed E-state index contributed by atoms with van der Waals surface area (Å²) < 4.78 is 2.09. The number of unbranched alkanes of at least 4 members (excludes halogenated alkanes) is 1. The molecule has 2 aromatic rings. The smallest absolute Gasteiger partial charge is 0.140 e. The van der Waals surface area contributed by atoms with Gasteiger partial charge in [0.1, 0.15) is 6.61 Å². The lowest BCUT2D eigenvalue weighted by atomic mass is 10.2.